The summed E-state index contributed by atoms with van der Waals surface area (Å²) in [6.45, 7) is 4.67. The molecular weight excluding hydrogens is 407 g/mol. The SMILES string of the molecule is O=C(c1ccccc1I)N1CCN(CCBr)CC1. The number of rotatable bonds is 3. The number of hydrogen-bond acceptors (Lipinski definition) is 2. The predicted octanol–water partition coefficient (Wildman–Crippen LogP) is 2.44. The van der Waals surface area contributed by atoms with E-state index in [0.29, 0.717) is 0 Å². The minimum Gasteiger partial charge on any atom is -0.336 e. The van der Waals surface area contributed by atoms with E-state index in [-0.39, 0.29) is 5.91 Å². The molecule has 98 valence electrons. The molecule has 0 spiro atoms. The maximum absolute atomic E-state index is 12.4. The van der Waals surface area contributed by atoms with Gasteiger partial charge in [0.1, 0.15) is 0 Å². The summed E-state index contributed by atoms with van der Waals surface area (Å²) in [5.41, 5.74) is 0.826. The highest BCUT2D eigenvalue weighted by atomic mass is 127. The zero-order valence-electron chi connectivity index (χ0n) is 10.1. The molecule has 2 rings (SSSR count). The fraction of sp³-hybridized carbons (Fsp3) is 0.462. The third kappa shape index (κ3) is 3.45. The van der Waals surface area contributed by atoms with Gasteiger partial charge >= 0.3 is 0 Å². The van der Waals surface area contributed by atoms with Crippen LogP contribution in [0.1, 0.15) is 10.4 Å². The van der Waals surface area contributed by atoms with Crippen LogP contribution in [-0.4, -0.2) is 53.8 Å². The van der Waals surface area contributed by atoms with Gasteiger partial charge in [0.2, 0.25) is 0 Å². The Kier molecular flexibility index (Phi) is 5.44. The quantitative estimate of drug-likeness (QED) is 0.551. The first-order chi connectivity index (χ1) is 8.72. The van der Waals surface area contributed by atoms with E-state index >= 15 is 0 Å². The number of carbonyl (C=O) groups is 1. The van der Waals surface area contributed by atoms with Crippen molar-refractivity contribution in [3.05, 3.63) is 33.4 Å². The van der Waals surface area contributed by atoms with Crippen molar-refractivity contribution < 1.29 is 4.79 Å². The van der Waals surface area contributed by atoms with Crippen molar-refractivity contribution in [3.63, 3.8) is 0 Å². The van der Waals surface area contributed by atoms with E-state index in [9.17, 15) is 4.79 Å². The molecule has 5 heteroatoms. The monoisotopic (exact) mass is 422 g/mol. The fourth-order valence-corrected chi connectivity index (χ4v) is 3.22. The van der Waals surface area contributed by atoms with Gasteiger partial charge in [-0.3, -0.25) is 9.69 Å². The Hall–Kier alpha value is -0.140. The van der Waals surface area contributed by atoms with Crippen LogP contribution in [0.5, 0.6) is 0 Å². The molecule has 0 saturated carbocycles. The summed E-state index contributed by atoms with van der Waals surface area (Å²) in [5.74, 6) is 0.165. The van der Waals surface area contributed by atoms with Gasteiger partial charge in [0.15, 0.2) is 0 Å². The van der Waals surface area contributed by atoms with Crippen LogP contribution in [0.25, 0.3) is 0 Å². The molecule has 1 aromatic rings. The van der Waals surface area contributed by atoms with Gasteiger partial charge in [-0.05, 0) is 34.7 Å². The van der Waals surface area contributed by atoms with Gasteiger partial charge in [-0.2, -0.15) is 0 Å². The minimum absolute atomic E-state index is 0.165. The molecule has 1 aliphatic rings. The van der Waals surface area contributed by atoms with Crippen molar-refractivity contribution in [3.8, 4) is 0 Å². The van der Waals surface area contributed by atoms with Crippen LogP contribution in [-0.2, 0) is 0 Å². The van der Waals surface area contributed by atoms with E-state index in [1.165, 1.54) is 0 Å². The second-order valence-electron chi connectivity index (χ2n) is 4.30. The maximum Gasteiger partial charge on any atom is 0.255 e. The molecule has 0 aliphatic carbocycles. The molecule has 3 nitrogen and oxygen atoms in total. The number of benzene rings is 1. The average Bonchev–Trinajstić information content (AvgIpc) is 2.40. The van der Waals surface area contributed by atoms with Crippen molar-refractivity contribution in [2.24, 2.45) is 0 Å². The number of piperazine rings is 1. The second-order valence-corrected chi connectivity index (χ2v) is 6.26. The van der Waals surface area contributed by atoms with Gasteiger partial charge in [0.05, 0.1) is 5.56 Å². The Morgan fingerprint density at radius 3 is 2.50 bits per heavy atom. The minimum atomic E-state index is 0.165. The van der Waals surface area contributed by atoms with Crippen molar-refractivity contribution >= 4 is 44.4 Å². The molecule has 1 aromatic carbocycles. The standard InChI is InChI=1S/C13H16BrIN2O/c14-5-6-16-7-9-17(10-8-16)13(18)11-3-1-2-4-12(11)15/h1-4H,5-10H2. The van der Waals surface area contributed by atoms with Crippen LogP contribution in [0, 0.1) is 3.57 Å². The molecule has 18 heavy (non-hydrogen) atoms. The lowest BCUT2D eigenvalue weighted by Crippen LogP contribution is -2.49. The molecule has 0 bridgehead atoms. The normalized spacial score (nSPS) is 16.9. The summed E-state index contributed by atoms with van der Waals surface area (Å²) in [4.78, 5) is 16.7. The zero-order valence-corrected chi connectivity index (χ0v) is 13.9. The molecule has 0 radical (unpaired) electrons. The molecular formula is C13H16BrIN2O. The van der Waals surface area contributed by atoms with Gasteiger partial charge < -0.3 is 4.90 Å². The van der Waals surface area contributed by atoms with Crippen LogP contribution < -0.4 is 0 Å². The van der Waals surface area contributed by atoms with Crippen molar-refractivity contribution in [2.75, 3.05) is 38.1 Å². The fourth-order valence-electron chi connectivity index (χ4n) is 2.10. The lowest BCUT2D eigenvalue weighted by Gasteiger charge is -2.34. The number of amides is 1. The molecule has 1 amide bonds. The maximum atomic E-state index is 12.4. The number of alkyl halides is 1. The van der Waals surface area contributed by atoms with E-state index in [1.807, 2.05) is 29.2 Å². The summed E-state index contributed by atoms with van der Waals surface area (Å²) in [5, 5.41) is 0.998. The van der Waals surface area contributed by atoms with Gasteiger partial charge in [-0.15, -0.1) is 0 Å². The number of nitrogens with zero attached hydrogens (tertiary/aromatic N) is 2. The van der Waals surface area contributed by atoms with Gasteiger partial charge in [-0.25, -0.2) is 0 Å². The summed E-state index contributed by atoms with van der Waals surface area (Å²) >= 11 is 5.68. The third-order valence-corrected chi connectivity index (χ3v) is 4.46. The largest absolute Gasteiger partial charge is 0.336 e. The van der Waals surface area contributed by atoms with Crippen LogP contribution in [0.15, 0.2) is 24.3 Å². The topological polar surface area (TPSA) is 23.6 Å². The Morgan fingerprint density at radius 1 is 1.22 bits per heavy atom. The van der Waals surface area contributed by atoms with Crippen LogP contribution >= 0.6 is 38.5 Å². The summed E-state index contributed by atoms with van der Waals surface area (Å²) < 4.78 is 1.03. The lowest BCUT2D eigenvalue weighted by atomic mass is 10.2. The molecule has 0 atom stereocenters. The zero-order chi connectivity index (χ0) is 13.0. The highest BCUT2D eigenvalue weighted by Gasteiger charge is 2.22. The molecule has 1 saturated heterocycles. The smallest absolute Gasteiger partial charge is 0.255 e. The van der Waals surface area contributed by atoms with Gasteiger partial charge in [0, 0.05) is 41.6 Å². The van der Waals surface area contributed by atoms with E-state index in [2.05, 4.69) is 43.4 Å². The number of carbonyl (C=O) groups excluding carboxylic acids is 1. The highest BCUT2D eigenvalue weighted by molar-refractivity contribution is 14.1. The number of hydrogen-bond donors (Lipinski definition) is 0. The van der Waals surface area contributed by atoms with Crippen molar-refractivity contribution in [1.29, 1.82) is 0 Å². The second kappa shape index (κ2) is 6.86. The van der Waals surface area contributed by atoms with Crippen molar-refractivity contribution in [2.45, 2.75) is 0 Å². The molecule has 0 N–H and O–H groups in total. The Labute approximate surface area is 130 Å². The predicted molar refractivity (Wildman–Crippen MR) is 85.3 cm³/mol. The molecule has 0 unspecified atom stereocenters. The Balaban J connectivity index is 1.98. The summed E-state index contributed by atoms with van der Waals surface area (Å²) in [6, 6.07) is 7.78. The highest BCUT2D eigenvalue weighted by Crippen LogP contribution is 2.15. The average molecular weight is 423 g/mol. The van der Waals surface area contributed by atoms with Gasteiger partial charge in [-0.1, -0.05) is 28.1 Å². The summed E-state index contributed by atoms with van der Waals surface area (Å²) in [7, 11) is 0. The first kappa shape index (κ1) is 14.3. The van der Waals surface area contributed by atoms with E-state index in [1.54, 1.807) is 0 Å². The Morgan fingerprint density at radius 2 is 1.89 bits per heavy atom. The molecule has 1 fully saturated rings. The van der Waals surface area contributed by atoms with Gasteiger partial charge in [0.25, 0.3) is 5.91 Å². The first-order valence-corrected chi connectivity index (χ1v) is 8.24. The first-order valence-electron chi connectivity index (χ1n) is 6.04. The molecule has 0 aromatic heterocycles. The van der Waals surface area contributed by atoms with Crippen LogP contribution in [0.3, 0.4) is 0 Å². The van der Waals surface area contributed by atoms with Crippen molar-refractivity contribution in [1.82, 2.24) is 9.80 Å². The van der Waals surface area contributed by atoms with E-state index < -0.39 is 0 Å². The van der Waals surface area contributed by atoms with E-state index in [4.69, 9.17) is 0 Å². The molecule has 1 aliphatic heterocycles. The Bertz CT molecular complexity index is 419. The number of halogens is 2. The lowest BCUT2D eigenvalue weighted by molar-refractivity contribution is 0.0644. The van der Waals surface area contributed by atoms with E-state index in [0.717, 1.165) is 47.2 Å². The van der Waals surface area contributed by atoms with Crippen LogP contribution in [0.4, 0.5) is 0 Å². The van der Waals surface area contributed by atoms with Crippen LogP contribution in [0.2, 0.25) is 0 Å². The molecule has 1 heterocycles. The summed E-state index contributed by atoms with van der Waals surface area (Å²) in [6.07, 6.45) is 0. The third-order valence-electron chi connectivity index (χ3n) is 3.16.